The van der Waals surface area contributed by atoms with Gasteiger partial charge in [0.1, 0.15) is 0 Å². The van der Waals surface area contributed by atoms with Gasteiger partial charge in [0.05, 0.1) is 0 Å². The molecule has 1 heteroatoms. The van der Waals surface area contributed by atoms with Crippen LogP contribution in [-0.4, -0.2) is 0 Å². The summed E-state index contributed by atoms with van der Waals surface area (Å²) in [4.78, 5) is 0. The molecule has 0 radical (unpaired) electrons. The molecule has 0 heterocycles. The minimum Gasteiger partial charge on any atom is -1.00 e. The molecule has 1 aliphatic rings. The zero-order valence-corrected chi connectivity index (χ0v) is 6.59. The van der Waals surface area contributed by atoms with E-state index in [2.05, 4.69) is 38.0 Å². The normalized spacial score (nSPS) is 19.3. The molecule has 0 aliphatic heterocycles. The average Bonchev–Trinajstić information content (AvgIpc) is 1.91. The van der Waals surface area contributed by atoms with E-state index in [1.165, 1.54) is 16.1 Å². The Morgan fingerprint density at radius 2 is 2.57 bits per heavy atom. The molecule has 0 unspecified atom stereocenters. The average molecular weight is 273 g/mol. The number of allylic oxidation sites excluding steroid dienone is 4. The van der Waals surface area contributed by atoms with Crippen LogP contribution in [-0.2, 0) is 18.9 Å². The van der Waals surface area contributed by atoms with E-state index in [-0.39, 0.29) is 2.85 Å². The van der Waals surface area contributed by atoms with Gasteiger partial charge in [0.15, 0.2) is 0 Å². The van der Waals surface area contributed by atoms with E-state index in [0.717, 1.165) is 0 Å². The number of hydrogen-bond acceptors (Lipinski definition) is 0. The van der Waals surface area contributed by atoms with Crippen molar-refractivity contribution in [3.05, 3.63) is 21.8 Å². The summed E-state index contributed by atoms with van der Waals surface area (Å²) >= 11 is 2.18. The standard InChI is InChI=1S/C6H7.Ir.2H/c1-6-4-2-3-5-6;;;/h2,4H,3H2,1H3;;;/q;;2*-1. The van der Waals surface area contributed by atoms with E-state index in [9.17, 15) is 0 Å². The van der Waals surface area contributed by atoms with Crippen molar-refractivity contribution in [2.24, 2.45) is 0 Å². The first-order chi connectivity index (χ1) is 3.30. The molecular formula is C6H9Ir-2. The minimum atomic E-state index is 0. The van der Waals surface area contributed by atoms with Gasteiger partial charge in [-0.25, -0.2) is 0 Å². The van der Waals surface area contributed by atoms with Crippen molar-refractivity contribution in [2.45, 2.75) is 13.3 Å². The Morgan fingerprint density at radius 1 is 1.86 bits per heavy atom. The third-order valence-electron chi connectivity index (χ3n) is 1.07. The molecule has 44 valence electrons. The Morgan fingerprint density at radius 3 is 2.71 bits per heavy atom. The predicted molar refractivity (Wildman–Crippen MR) is 28.7 cm³/mol. The van der Waals surface area contributed by atoms with E-state index < -0.39 is 0 Å². The topological polar surface area (TPSA) is 0 Å². The second-order valence-corrected chi connectivity index (χ2v) is 3.11. The summed E-state index contributed by atoms with van der Waals surface area (Å²) in [6.45, 7) is 2.15. The van der Waals surface area contributed by atoms with Gasteiger partial charge in [-0.15, -0.1) is 0 Å². The van der Waals surface area contributed by atoms with Crippen LogP contribution >= 0.6 is 0 Å². The summed E-state index contributed by atoms with van der Waals surface area (Å²) in [5, 5.41) is 0. The maximum atomic E-state index is 2.20. The first-order valence-electron chi connectivity index (χ1n) is 2.30. The Kier molecular flexibility index (Phi) is 1.46. The van der Waals surface area contributed by atoms with Crippen molar-refractivity contribution in [3.8, 4) is 0 Å². The molecule has 7 heavy (non-hydrogen) atoms. The van der Waals surface area contributed by atoms with Crippen LogP contribution in [0.3, 0.4) is 0 Å². The van der Waals surface area contributed by atoms with E-state index in [1.54, 1.807) is 0 Å². The van der Waals surface area contributed by atoms with E-state index in [0.29, 0.717) is 0 Å². The Labute approximate surface area is 57.4 Å². The van der Waals surface area contributed by atoms with Crippen molar-refractivity contribution in [1.29, 1.82) is 0 Å². The molecular weight excluding hydrogens is 264 g/mol. The van der Waals surface area contributed by atoms with Crippen molar-refractivity contribution in [1.82, 2.24) is 0 Å². The largest absolute Gasteiger partial charge is 1.00 e. The second kappa shape index (κ2) is 1.93. The third kappa shape index (κ3) is 1.02. The zero-order chi connectivity index (χ0) is 5.28. The Hall–Kier alpha value is 0.129. The van der Waals surface area contributed by atoms with Gasteiger partial charge < -0.3 is 2.85 Å². The van der Waals surface area contributed by atoms with Crippen molar-refractivity contribution in [2.75, 3.05) is 0 Å². The van der Waals surface area contributed by atoms with Crippen LogP contribution in [0.1, 0.15) is 16.2 Å². The third-order valence-corrected chi connectivity index (χ3v) is 2.50. The quantitative estimate of drug-likeness (QED) is 0.633. The van der Waals surface area contributed by atoms with Crippen LogP contribution in [0.25, 0.3) is 0 Å². The summed E-state index contributed by atoms with van der Waals surface area (Å²) in [6.07, 6.45) is 5.55. The molecule has 1 aliphatic carbocycles. The molecule has 0 fully saturated rings. The van der Waals surface area contributed by atoms with Crippen LogP contribution in [0, 0.1) is 0 Å². The van der Waals surface area contributed by atoms with Gasteiger partial charge in [0.2, 0.25) is 0 Å². The van der Waals surface area contributed by atoms with Crippen molar-refractivity contribution >= 4 is 0 Å². The van der Waals surface area contributed by atoms with E-state index in [1.807, 2.05) is 0 Å². The van der Waals surface area contributed by atoms with Gasteiger partial charge in [0, 0.05) is 0 Å². The Balaban J connectivity index is 0. The van der Waals surface area contributed by atoms with Gasteiger partial charge in [-0.3, -0.25) is 0 Å². The van der Waals surface area contributed by atoms with Crippen LogP contribution < -0.4 is 0 Å². The molecule has 0 bridgehead atoms. The van der Waals surface area contributed by atoms with E-state index >= 15 is 0 Å². The molecule has 0 saturated heterocycles. The fourth-order valence-corrected chi connectivity index (χ4v) is 1.06. The minimum absolute atomic E-state index is 0. The zero-order valence-electron chi connectivity index (χ0n) is 6.20. The van der Waals surface area contributed by atoms with Crippen LogP contribution in [0.4, 0.5) is 0 Å². The maximum Gasteiger partial charge on any atom is -1.00 e. The molecule has 0 saturated carbocycles. The summed E-state index contributed by atoms with van der Waals surface area (Å²) in [5.41, 5.74) is 1.44. The molecule has 0 aromatic rings. The van der Waals surface area contributed by atoms with Gasteiger partial charge in [0.25, 0.3) is 0 Å². The Bertz CT molecular complexity index is 138. The molecule has 0 aromatic carbocycles. The first kappa shape index (κ1) is 5.27. The molecule has 0 amide bonds. The van der Waals surface area contributed by atoms with Crippen molar-refractivity contribution in [3.63, 3.8) is 0 Å². The molecule has 0 N–H and O–H groups in total. The maximum absolute atomic E-state index is 2.20. The smallest absolute Gasteiger partial charge is 1.00 e. The molecule has 0 nitrogen and oxygen atoms in total. The summed E-state index contributed by atoms with van der Waals surface area (Å²) in [7, 11) is 0. The second-order valence-electron chi connectivity index (χ2n) is 1.67. The van der Waals surface area contributed by atoms with Gasteiger partial charge in [-0.2, -0.15) is 0 Å². The van der Waals surface area contributed by atoms with Crippen LogP contribution in [0.15, 0.2) is 21.8 Å². The van der Waals surface area contributed by atoms with Gasteiger partial charge in [-0.1, -0.05) is 0 Å². The number of hydrogen-bond donors (Lipinski definition) is 0. The van der Waals surface area contributed by atoms with Gasteiger partial charge >= 0.3 is 54.1 Å². The molecule has 0 spiro atoms. The summed E-state index contributed by atoms with van der Waals surface area (Å²) < 4.78 is 1.51. The number of rotatable bonds is 0. The molecule has 0 aromatic heterocycles. The molecule has 0 atom stereocenters. The van der Waals surface area contributed by atoms with E-state index in [4.69, 9.17) is 0 Å². The fraction of sp³-hybridized carbons (Fsp3) is 0.333. The first-order valence-corrected chi connectivity index (χ1v) is 3.50. The summed E-state index contributed by atoms with van der Waals surface area (Å²) in [5.74, 6) is 0. The van der Waals surface area contributed by atoms with Crippen LogP contribution in [0.2, 0.25) is 0 Å². The van der Waals surface area contributed by atoms with Crippen LogP contribution in [0.5, 0.6) is 0 Å². The van der Waals surface area contributed by atoms with Crippen molar-refractivity contribution < 1.29 is 21.8 Å². The summed E-state index contributed by atoms with van der Waals surface area (Å²) in [6, 6.07) is 0. The fourth-order valence-electron chi connectivity index (χ4n) is 0.582. The monoisotopic (exact) mass is 274 g/mol. The van der Waals surface area contributed by atoms with Gasteiger partial charge in [-0.05, 0) is 0 Å². The predicted octanol–water partition coefficient (Wildman–Crippen LogP) is 1.99. The molecule has 1 rings (SSSR count). The SMILES string of the molecule is CC1=[C]([Ir])CC=C1.[H-].[H-].